The molecule has 1 atom stereocenters. The highest BCUT2D eigenvalue weighted by Gasteiger charge is 2.32. The Morgan fingerprint density at radius 2 is 2.05 bits per heavy atom. The SMILES string of the molecule is CC(C)(C)OC(=O)N1CCC[C@@H](c2n[nH]c(C3CC3)n2)C1. The highest BCUT2D eigenvalue weighted by atomic mass is 16.6. The van der Waals surface area contributed by atoms with Crippen LogP contribution in [0.2, 0.25) is 0 Å². The van der Waals surface area contributed by atoms with E-state index in [4.69, 9.17) is 4.74 Å². The van der Waals surface area contributed by atoms with E-state index in [1.165, 1.54) is 12.8 Å². The number of aromatic nitrogens is 3. The second-order valence-electron chi connectivity index (χ2n) is 7.12. The molecule has 1 aliphatic heterocycles. The van der Waals surface area contributed by atoms with Crippen LogP contribution in [-0.2, 0) is 4.74 Å². The minimum Gasteiger partial charge on any atom is -0.444 e. The number of aromatic amines is 1. The van der Waals surface area contributed by atoms with Gasteiger partial charge in [-0.15, -0.1) is 0 Å². The fourth-order valence-electron chi connectivity index (χ4n) is 2.69. The molecule has 6 nitrogen and oxygen atoms in total. The summed E-state index contributed by atoms with van der Waals surface area (Å²) in [4.78, 5) is 18.6. The summed E-state index contributed by atoms with van der Waals surface area (Å²) in [6.07, 6.45) is 4.19. The van der Waals surface area contributed by atoms with Gasteiger partial charge in [-0.3, -0.25) is 5.10 Å². The van der Waals surface area contributed by atoms with E-state index in [-0.39, 0.29) is 12.0 Å². The fraction of sp³-hybridized carbons (Fsp3) is 0.800. The molecule has 1 aliphatic carbocycles. The van der Waals surface area contributed by atoms with Crippen LogP contribution in [0.15, 0.2) is 0 Å². The molecule has 0 aromatic carbocycles. The van der Waals surface area contributed by atoms with Gasteiger partial charge in [-0.1, -0.05) is 0 Å². The molecule has 3 rings (SSSR count). The Bertz CT molecular complexity index is 516. The summed E-state index contributed by atoms with van der Waals surface area (Å²) in [6, 6.07) is 0. The summed E-state index contributed by atoms with van der Waals surface area (Å²) < 4.78 is 5.45. The van der Waals surface area contributed by atoms with Gasteiger partial charge in [0.05, 0.1) is 0 Å². The first kappa shape index (κ1) is 14.4. The van der Waals surface area contributed by atoms with Crippen molar-refractivity contribution >= 4 is 6.09 Å². The van der Waals surface area contributed by atoms with E-state index in [1.807, 2.05) is 20.8 Å². The molecular weight excluding hydrogens is 268 g/mol. The third kappa shape index (κ3) is 3.54. The van der Waals surface area contributed by atoms with E-state index < -0.39 is 5.60 Å². The molecule has 1 amide bonds. The predicted octanol–water partition coefficient (Wildman–Crippen LogP) is 2.80. The largest absolute Gasteiger partial charge is 0.444 e. The third-order valence-electron chi connectivity index (χ3n) is 3.92. The molecule has 1 aromatic rings. The molecule has 116 valence electrons. The monoisotopic (exact) mass is 292 g/mol. The molecule has 0 radical (unpaired) electrons. The molecule has 1 aromatic heterocycles. The van der Waals surface area contributed by atoms with Crippen molar-refractivity contribution < 1.29 is 9.53 Å². The van der Waals surface area contributed by atoms with Crippen molar-refractivity contribution in [2.24, 2.45) is 0 Å². The summed E-state index contributed by atoms with van der Waals surface area (Å²) in [6.45, 7) is 7.08. The number of nitrogens with one attached hydrogen (secondary N) is 1. The summed E-state index contributed by atoms with van der Waals surface area (Å²) in [5.41, 5.74) is -0.451. The van der Waals surface area contributed by atoms with Crippen LogP contribution in [-0.4, -0.2) is 44.9 Å². The van der Waals surface area contributed by atoms with E-state index in [9.17, 15) is 4.79 Å². The minimum absolute atomic E-state index is 0.218. The maximum Gasteiger partial charge on any atom is 0.410 e. The second kappa shape index (κ2) is 5.31. The summed E-state index contributed by atoms with van der Waals surface area (Å²) >= 11 is 0. The standard InChI is InChI=1S/C15H24N4O2/c1-15(2,3)21-14(20)19-8-4-5-11(9-19)13-16-12(17-18-13)10-6-7-10/h10-11H,4-9H2,1-3H3,(H,16,17,18)/t11-/m1/s1. The highest BCUT2D eigenvalue weighted by Crippen LogP contribution is 2.38. The first-order chi connectivity index (χ1) is 9.92. The molecule has 0 bridgehead atoms. The lowest BCUT2D eigenvalue weighted by atomic mass is 9.98. The first-order valence-corrected chi connectivity index (χ1v) is 7.82. The van der Waals surface area contributed by atoms with Crippen LogP contribution in [0.3, 0.4) is 0 Å². The average molecular weight is 292 g/mol. The van der Waals surface area contributed by atoms with Crippen LogP contribution in [0, 0.1) is 0 Å². The van der Waals surface area contributed by atoms with Crippen molar-refractivity contribution in [2.75, 3.05) is 13.1 Å². The average Bonchev–Trinajstić information content (AvgIpc) is 3.15. The first-order valence-electron chi connectivity index (χ1n) is 7.82. The zero-order chi connectivity index (χ0) is 15.0. The predicted molar refractivity (Wildman–Crippen MR) is 78.1 cm³/mol. The Kier molecular flexibility index (Phi) is 3.63. The zero-order valence-corrected chi connectivity index (χ0v) is 13.1. The number of H-pyrrole nitrogens is 1. The summed E-state index contributed by atoms with van der Waals surface area (Å²) in [7, 11) is 0. The van der Waals surface area contributed by atoms with Crippen LogP contribution in [0.4, 0.5) is 4.79 Å². The number of rotatable bonds is 2. The Morgan fingerprint density at radius 1 is 1.29 bits per heavy atom. The van der Waals surface area contributed by atoms with E-state index >= 15 is 0 Å². The van der Waals surface area contributed by atoms with Gasteiger partial charge in [-0.2, -0.15) is 5.10 Å². The van der Waals surface area contributed by atoms with Crippen LogP contribution >= 0.6 is 0 Å². The Hall–Kier alpha value is -1.59. The van der Waals surface area contributed by atoms with Gasteiger partial charge in [0, 0.05) is 24.9 Å². The van der Waals surface area contributed by atoms with Gasteiger partial charge in [0.15, 0.2) is 5.82 Å². The molecular formula is C15H24N4O2. The number of piperidine rings is 1. The topological polar surface area (TPSA) is 71.1 Å². The number of hydrogen-bond acceptors (Lipinski definition) is 4. The molecule has 6 heteroatoms. The summed E-state index contributed by atoms with van der Waals surface area (Å²) in [5.74, 6) is 2.66. The molecule has 2 fully saturated rings. The molecule has 2 heterocycles. The van der Waals surface area contributed by atoms with Gasteiger partial charge in [-0.25, -0.2) is 9.78 Å². The molecule has 1 N–H and O–H groups in total. The minimum atomic E-state index is -0.451. The van der Waals surface area contributed by atoms with Gasteiger partial charge in [0.25, 0.3) is 0 Å². The molecule has 0 unspecified atom stereocenters. The maximum absolute atomic E-state index is 12.2. The Labute approximate surface area is 125 Å². The second-order valence-corrected chi connectivity index (χ2v) is 7.12. The van der Waals surface area contributed by atoms with Crippen LogP contribution in [0.5, 0.6) is 0 Å². The van der Waals surface area contributed by atoms with Crippen LogP contribution < -0.4 is 0 Å². The Balaban J connectivity index is 1.63. The number of likely N-dealkylation sites (tertiary alicyclic amines) is 1. The molecule has 21 heavy (non-hydrogen) atoms. The maximum atomic E-state index is 12.2. The van der Waals surface area contributed by atoms with E-state index in [2.05, 4.69) is 15.2 Å². The van der Waals surface area contributed by atoms with Crippen molar-refractivity contribution in [1.29, 1.82) is 0 Å². The van der Waals surface area contributed by atoms with E-state index in [0.29, 0.717) is 12.5 Å². The lowest BCUT2D eigenvalue weighted by Gasteiger charge is -2.33. The highest BCUT2D eigenvalue weighted by molar-refractivity contribution is 5.68. The smallest absolute Gasteiger partial charge is 0.410 e. The zero-order valence-electron chi connectivity index (χ0n) is 13.1. The number of nitrogens with zero attached hydrogens (tertiary/aromatic N) is 3. The number of hydrogen-bond donors (Lipinski definition) is 1. The van der Waals surface area contributed by atoms with Crippen molar-refractivity contribution in [1.82, 2.24) is 20.1 Å². The van der Waals surface area contributed by atoms with Crippen molar-refractivity contribution in [3.63, 3.8) is 0 Å². The number of carbonyl (C=O) groups is 1. The molecule has 2 aliphatic rings. The third-order valence-corrected chi connectivity index (χ3v) is 3.92. The van der Waals surface area contributed by atoms with Gasteiger partial charge >= 0.3 is 6.09 Å². The van der Waals surface area contributed by atoms with Crippen LogP contribution in [0.1, 0.15) is 69.9 Å². The normalized spacial score (nSPS) is 23.2. The number of amides is 1. The lowest BCUT2D eigenvalue weighted by Crippen LogP contribution is -2.42. The van der Waals surface area contributed by atoms with Crippen molar-refractivity contribution in [2.45, 2.75) is 63.9 Å². The van der Waals surface area contributed by atoms with Crippen molar-refractivity contribution in [3.8, 4) is 0 Å². The van der Waals surface area contributed by atoms with Crippen molar-refractivity contribution in [3.05, 3.63) is 11.6 Å². The number of ether oxygens (including phenoxy) is 1. The van der Waals surface area contributed by atoms with Gasteiger partial charge < -0.3 is 9.64 Å². The van der Waals surface area contributed by atoms with Gasteiger partial charge in [-0.05, 0) is 46.5 Å². The summed E-state index contributed by atoms with van der Waals surface area (Å²) in [5, 5.41) is 7.41. The lowest BCUT2D eigenvalue weighted by molar-refractivity contribution is 0.0196. The molecule has 1 saturated heterocycles. The van der Waals surface area contributed by atoms with Gasteiger partial charge in [0.1, 0.15) is 11.4 Å². The number of carbonyl (C=O) groups excluding carboxylic acids is 1. The van der Waals surface area contributed by atoms with E-state index in [1.54, 1.807) is 4.90 Å². The quantitative estimate of drug-likeness (QED) is 0.910. The Morgan fingerprint density at radius 3 is 2.71 bits per heavy atom. The van der Waals surface area contributed by atoms with Crippen LogP contribution in [0.25, 0.3) is 0 Å². The van der Waals surface area contributed by atoms with E-state index in [0.717, 1.165) is 31.0 Å². The molecule has 0 spiro atoms. The molecule has 1 saturated carbocycles. The fourth-order valence-corrected chi connectivity index (χ4v) is 2.69. The van der Waals surface area contributed by atoms with Gasteiger partial charge in [0.2, 0.25) is 0 Å².